The Hall–Kier alpha value is -3.32. The predicted octanol–water partition coefficient (Wildman–Crippen LogP) is 3.90. The third-order valence-electron chi connectivity index (χ3n) is 6.75. The van der Waals surface area contributed by atoms with Crippen LogP contribution >= 0.6 is 0 Å². The minimum atomic E-state index is -0.430. The van der Waals surface area contributed by atoms with Crippen LogP contribution in [0.15, 0.2) is 53.4 Å². The van der Waals surface area contributed by atoms with Crippen molar-refractivity contribution in [1.29, 1.82) is 5.41 Å². The summed E-state index contributed by atoms with van der Waals surface area (Å²) < 4.78 is 5.42. The summed E-state index contributed by atoms with van der Waals surface area (Å²) in [7, 11) is 0. The fourth-order valence-corrected chi connectivity index (χ4v) is 5.03. The number of aromatic nitrogens is 3. The van der Waals surface area contributed by atoms with Crippen LogP contribution in [-0.4, -0.2) is 45.4 Å². The number of hydrogen-bond donors (Lipinski definition) is 2. The molecule has 3 aromatic rings. The summed E-state index contributed by atoms with van der Waals surface area (Å²) in [6.45, 7) is 3.43. The Morgan fingerprint density at radius 2 is 2.00 bits per heavy atom. The minimum Gasteiger partial charge on any atom is -0.424 e. The molecule has 2 aliphatic heterocycles. The lowest BCUT2D eigenvalue weighted by Crippen LogP contribution is -2.30. The molecule has 0 amide bonds. The van der Waals surface area contributed by atoms with Crippen molar-refractivity contribution in [1.82, 2.24) is 20.1 Å². The minimum absolute atomic E-state index is 0.195. The molecule has 0 saturated carbocycles. The lowest BCUT2D eigenvalue weighted by Gasteiger charge is -2.26. The van der Waals surface area contributed by atoms with E-state index in [1.807, 2.05) is 6.20 Å². The Labute approximate surface area is 180 Å². The van der Waals surface area contributed by atoms with E-state index < -0.39 is 5.41 Å². The van der Waals surface area contributed by atoms with Crippen molar-refractivity contribution in [3.05, 3.63) is 66.0 Å². The van der Waals surface area contributed by atoms with Gasteiger partial charge in [-0.2, -0.15) is 0 Å². The zero-order valence-electron chi connectivity index (χ0n) is 17.2. The molecule has 2 N–H and O–H groups in total. The molecule has 1 saturated heterocycles. The van der Waals surface area contributed by atoms with E-state index >= 15 is 0 Å². The average molecular weight is 412 g/mol. The van der Waals surface area contributed by atoms with E-state index in [1.54, 1.807) is 0 Å². The van der Waals surface area contributed by atoms with Crippen molar-refractivity contribution < 1.29 is 4.42 Å². The SMILES string of the molecule is N=CC1Nc2ncc(-c3ccc(CN4CCCCC4)cc3)cc2C12C=C2c1nnco1. The molecule has 1 fully saturated rings. The fraction of sp³-hybridized carbons (Fsp3) is 0.333. The summed E-state index contributed by atoms with van der Waals surface area (Å²) in [4.78, 5) is 7.22. The van der Waals surface area contributed by atoms with Crippen LogP contribution in [0.4, 0.5) is 5.82 Å². The number of fused-ring (bicyclic) bond motifs is 2. The van der Waals surface area contributed by atoms with E-state index in [2.05, 4.69) is 61.8 Å². The quantitative estimate of drug-likeness (QED) is 0.618. The van der Waals surface area contributed by atoms with Crippen molar-refractivity contribution in [3.63, 3.8) is 0 Å². The van der Waals surface area contributed by atoms with Crippen LogP contribution < -0.4 is 5.32 Å². The molecule has 7 nitrogen and oxygen atoms in total. The van der Waals surface area contributed by atoms with Crippen molar-refractivity contribution in [2.75, 3.05) is 18.4 Å². The molecule has 2 unspecified atom stereocenters. The second-order valence-electron chi connectivity index (χ2n) is 8.61. The van der Waals surface area contributed by atoms with E-state index in [9.17, 15) is 0 Å². The van der Waals surface area contributed by atoms with Gasteiger partial charge in [-0.1, -0.05) is 36.8 Å². The first-order valence-electron chi connectivity index (χ1n) is 10.9. The van der Waals surface area contributed by atoms with E-state index in [0.717, 1.165) is 34.6 Å². The highest BCUT2D eigenvalue weighted by Gasteiger charge is 2.59. The maximum absolute atomic E-state index is 7.91. The summed E-state index contributed by atoms with van der Waals surface area (Å²) in [6.07, 6.45) is 10.7. The maximum atomic E-state index is 7.91. The number of benzene rings is 1. The van der Waals surface area contributed by atoms with Gasteiger partial charge in [0, 0.05) is 35.7 Å². The van der Waals surface area contributed by atoms with Crippen LogP contribution in [0, 0.1) is 5.41 Å². The lowest BCUT2D eigenvalue weighted by molar-refractivity contribution is 0.221. The van der Waals surface area contributed by atoms with Crippen LogP contribution in [0.2, 0.25) is 0 Å². The molecule has 3 aliphatic rings. The molecule has 2 aromatic heterocycles. The second-order valence-corrected chi connectivity index (χ2v) is 8.61. The van der Waals surface area contributed by atoms with Crippen LogP contribution in [0.3, 0.4) is 0 Å². The molecule has 6 rings (SSSR count). The van der Waals surface area contributed by atoms with Gasteiger partial charge < -0.3 is 15.1 Å². The van der Waals surface area contributed by atoms with Crippen LogP contribution in [0.1, 0.15) is 36.3 Å². The number of pyridine rings is 1. The van der Waals surface area contributed by atoms with E-state index in [4.69, 9.17) is 9.83 Å². The van der Waals surface area contributed by atoms with Crippen molar-refractivity contribution in [3.8, 4) is 11.1 Å². The normalized spacial score (nSPS) is 24.5. The Balaban J connectivity index is 1.28. The van der Waals surface area contributed by atoms with Gasteiger partial charge in [0.2, 0.25) is 12.3 Å². The zero-order valence-corrected chi connectivity index (χ0v) is 17.2. The molecule has 0 radical (unpaired) electrons. The monoisotopic (exact) mass is 412 g/mol. The number of nitrogens with one attached hydrogen (secondary N) is 2. The second kappa shape index (κ2) is 7.13. The number of nitrogens with zero attached hydrogens (tertiary/aromatic N) is 4. The van der Waals surface area contributed by atoms with Crippen LogP contribution in [0.25, 0.3) is 16.7 Å². The van der Waals surface area contributed by atoms with Gasteiger partial charge in [0.1, 0.15) is 5.82 Å². The van der Waals surface area contributed by atoms with Gasteiger partial charge in [0.05, 0.1) is 11.5 Å². The topological polar surface area (TPSA) is 90.9 Å². The molecular formula is C24H24N6O. The first-order valence-corrected chi connectivity index (χ1v) is 10.9. The van der Waals surface area contributed by atoms with Gasteiger partial charge in [0.15, 0.2) is 0 Å². The Morgan fingerprint density at radius 1 is 1.16 bits per heavy atom. The molecule has 4 heterocycles. The fourth-order valence-electron chi connectivity index (χ4n) is 5.03. The zero-order chi connectivity index (χ0) is 20.8. The molecule has 1 spiro atoms. The number of piperidine rings is 1. The average Bonchev–Trinajstić information content (AvgIpc) is 3.17. The number of anilines is 1. The van der Waals surface area contributed by atoms with Gasteiger partial charge in [-0.3, -0.25) is 4.90 Å². The summed E-state index contributed by atoms with van der Waals surface area (Å²) in [6, 6.07) is 10.8. The highest BCUT2D eigenvalue weighted by Crippen LogP contribution is 2.59. The maximum Gasteiger partial charge on any atom is 0.244 e. The Morgan fingerprint density at radius 3 is 2.74 bits per heavy atom. The first kappa shape index (κ1) is 18.4. The van der Waals surface area contributed by atoms with Gasteiger partial charge >= 0.3 is 0 Å². The molecular weight excluding hydrogens is 388 g/mol. The van der Waals surface area contributed by atoms with E-state index in [1.165, 1.54) is 50.5 Å². The van der Waals surface area contributed by atoms with E-state index in [-0.39, 0.29) is 6.04 Å². The predicted molar refractivity (Wildman–Crippen MR) is 119 cm³/mol. The van der Waals surface area contributed by atoms with Crippen LogP contribution in [0.5, 0.6) is 0 Å². The number of rotatable bonds is 5. The standard InChI is InChI=1S/C24H24N6O/c25-12-21-24(11-20(24)23-29-27-15-31-23)19-10-18(13-26-22(19)28-21)17-6-4-16(5-7-17)14-30-8-2-1-3-9-30/h4-7,10-13,15,21,25H,1-3,8-9,14H2,(H,26,28). The summed E-state index contributed by atoms with van der Waals surface area (Å²) in [5.41, 5.74) is 5.15. The first-order chi connectivity index (χ1) is 15.3. The molecule has 2 atom stereocenters. The Kier molecular flexibility index (Phi) is 4.24. The third-order valence-corrected chi connectivity index (χ3v) is 6.75. The summed E-state index contributed by atoms with van der Waals surface area (Å²) in [5, 5.41) is 19.1. The highest BCUT2D eigenvalue weighted by molar-refractivity contribution is 5.99. The number of likely N-dealkylation sites (tertiary alicyclic amines) is 1. The van der Waals surface area contributed by atoms with Crippen LogP contribution in [-0.2, 0) is 12.0 Å². The van der Waals surface area contributed by atoms with Gasteiger partial charge in [-0.05, 0) is 43.1 Å². The molecule has 7 heteroatoms. The van der Waals surface area contributed by atoms with Gasteiger partial charge in [-0.25, -0.2) is 4.98 Å². The number of hydrogen-bond acceptors (Lipinski definition) is 7. The third kappa shape index (κ3) is 2.99. The van der Waals surface area contributed by atoms with E-state index in [0.29, 0.717) is 5.89 Å². The largest absolute Gasteiger partial charge is 0.424 e. The molecule has 1 aromatic carbocycles. The Bertz CT molecular complexity index is 1150. The highest BCUT2D eigenvalue weighted by atomic mass is 16.4. The van der Waals surface area contributed by atoms with Crippen molar-refractivity contribution >= 4 is 17.6 Å². The summed E-state index contributed by atoms with van der Waals surface area (Å²) >= 11 is 0. The molecule has 156 valence electrons. The lowest BCUT2D eigenvalue weighted by atomic mass is 9.86. The molecule has 0 bridgehead atoms. The molecule has 31 heavy (non-hydrogen) atoms. The van der Waals surface area contributed by atoms with Crippen molar-refractivity contribution in [2.45, 2.75) is 37.3 Å². The molecule has 1 aliphatic carbocycles. The van der Waals surface area contributed by atoms with Gasteiger partial charge in [0.25, 0.3) is 0 Å². The smallest absolute Gasteiger partial charge is 0.244 e. The van der Waals surface area contributed by atoms with Gasteiger partial charge in [-0.15, -0.1) is 10.2 Å². The summed E-state index contributed by atoms with van der Waals surface area (Å²) in [5.74, 6) is 1.32. The van der Waals surface area contributed by atoms with Crippen molar-refractivity contribution in [2.24, 2.45) is 0 Å².